The molecule has 6 heteroatoms. The number of amides is 1. The summed E-state index contributed by atoms with van der Waals surface area (Å²) in [6.45, 7) is 8.77. The zero-order chi connectivity index (χ0) is 14.4. The van der Waals surface area contributed by atoms with Crippen molar-refractivity contribution in [1.82, 2.24) is 15.3 Å². The van der Waals surface area contributed by atoms with Crippen molar-refractivity contribution in [3.63, 3.8) is 0 Å². The van der Waals surface area contributed by atoms with Crippen molar-refractivity contribution in [2.75, 3.05) is 18.9 Å². The van der Waals surface area contributed by atoms with Gasteiger partial charge in [-0.05, 0) is 13.8 Å². The third-order valence-electron chi connectivity index (χ3n) is 2.57. The number of aromatic nitrogens is 2. The van der Waals surface area contributed by atoms with Gasteiger partial charge in [-0.1, -0.05) is 13.8 Å². The van der Waals surface area contributed by atoms with Crippen LogP contribution in [-0.2, 0) is 4.74 Å². The molecule has 1 amide bonds. The van der Waals surface area contributed by atoms with E-state index in [9.17, 15) is 4.79 Å². The van der Waals surface area contributed by atoms with Crippen molar-refractivity contribution in [3.05, 3.63) is 17.7 Å². The Kier molecular flexibility index (Phi) is 5.69. The van der Waals surface area contributed by atoms with E-state index in [1.165, 1.54) is 6.20 Å². The lowest BCUT2D eigenvalue weighted by atomic mass is 10.2. The van der Waals surface area contributed by atoms with Crippen molar-refractivity contribution in [1.29, 1.82) is 0 Å². The van der Waals surface area contributed by atoms with Gasteiger partial charge in [0.25, 0.3) is 5.91 Å². The lowest BCUT2D eigenvalue weighted by Crippen LogP contribution is -2.33. The maximum atomic E-state index is 12.0. The second-order valence-electron chi connectivity index (χ2n) is 4.66. The molecule has 0 bridgehead atoms. The Bertz CT molecular complexity index is 435. The number of carbonyl (C=O) groups excluding carboxylic acids is 1. The van der Waals surface area contributed by atoms with E-state index >= 15 is 0 Å². The highest BCUT2D eigenvalue weighted by Gasteiger charge is 2.15. The van der Waals surface area contributed by atoms with E-state index < -0.39 is 0 Å². The predicted molar refractivity (Wildman–Crippen MR) is 74.0 cm³/mol. The summed E-state index contributed by atoms with van der Waals surface area (Å²) in [5.41, 5.74) is 6.25. The zero-order valence-electron chi connectivity index (χ0n) is 11.9. The van der Waals surface area contributed by atoms with Crippen LogP contribution in [0.25, 0.3) is 0 Å². The van der Waals surface area contributed by atoms with Gasteiger partial charge in [-0.25, -0.2) is 9.97 Å². The number of rotatable bonds is 6. The Hall–Kier alpha value is -1.69. The molecule has 1 aromatic heterocycles. The Morgan fingerprint density at radius 1 is 1.47 bits per heavy atom. The molecular formula is C13H22N4O2. The molecule has 1 unspecified atom stereocenters. The molecule has 0 spiro atoms. The molecule has 0 aliphatic carbocycles. The summed E-state index contributed by atoms with van der Waals surface area (Å²) in [6.07, 6.45) is 1.44. The summed E-state index contributed by atoms with van der Waals surface area (Å²) < 4.78 is 5.34. The van der Waals surface area contributed by atoms with Crippen molar-refractivity contribution in [3.8, 4) is 0 Å². The minimum atomic E-state index is -0.298. The summed E-state index contributed by atoms with van der Waals surface area (Å²) in [5, 5.41) is 2.76. The Morgan fingerprint density at radius 2 is 2.16 bits per heavy atom. The van der Waals surface area contributed by atoms with E-state index in [2.05, 4.69) is 15.3 Å². The third-order valence-corrected chi connectivity index (χ3v) is 2.57. The van der Waals surface area contributed by atoms with E-state index in [-0.39, 0.29) is 29.3 Å². The summed E-state index contributed by atoms with van der Waals surface area (Å²) in [6, 6.07) is 0. The number of nitrogens with zero attached hydrogens (tertiary/aromatic N) is 2. The van der Waals surface area contributed by atoms with Gasteiger partial charge in [-0.3, -0.25) is 4.79 Å². The molecule has 0 fully saturated rings. The summed E-state index contributed by atoms with van der Waals surface area (Å²) >= 11 is 0. The largest absolute Gasteiger partial charge is 0.396 e. The molecule has 1 aromatic rings. The SMILES string of the molecule is CCOC(C)CNC(=O)c1nc(C(C)C)ncc1N. The number of hydrogen-bond donors (Lipinski definition) is 2. The number of nitrogen functional groups attached to an aromatic ring is 1. The first-order chi connectivity index (χ1) is 8.95. The van der Waals surface area contributed by atoms with Gasteiger partial charge in [0.2, 0.25) is 0 Å². The van der Waals surface area contributed by atoms with Crippen molar-refractivity contribution >= 4 is 11.6 Å². The number of hydrogen-bond acceptors (Lipinski definition) is 5. The number of anilines is 1. The third kappa shape index (κ3) is 4.48. The molecule has 1 rings (SSSR count). The van der Waals surface area contributed by atoms with Crippen LogP contribution in [0.2, 0.25) is 0 Å². The smallest absolute Gasteiger partial charge is 0.272 e. The lowest BCUT2D eigenvalue weighted by Gasteiger charge is -2.13. The summed E-state index contributed by atoms with van der Waals surface area (Å²) in [5.74, 6) is 0.458. The second kappa shape index (κ2) is 7.04. The second-order valence-corrected chi connectivity index (χ2v) is 4.66. The van der Waals surface area contributed by atoms with Gasteiger partial charge >= 0.3 is 0 Å². The van der Waals surface area contributed by atoms with E-state index in [0.29, 0.717) is 19.0 Å². The molecule has 0 aromatic carbocycles. The van der Waals surface area contributed by atoms with Crippen LogP contribution in [0.15, 0.2) is 6.20 Å². The molecule has 3 N–H and O–H groups in total. The summed E-state index contributed by atoms with van der Waals surface area (Å²) in [4.78, 5) is 20.3. The fourth-order valence-corrected chi connectivity index (χ4v) is 1.53. The maximum Gasteiger partial charge on any atom is 0.272 e. The van der Waals surface area contributed by atoms with Crippen LogP contribution >= 0.6 is 0 Å². The topological polar surface area (TPSA) is 90.1 Å². The number of nitrogens with one attached hydrogen (secondary N) is 1. The first-order valence-electron chi connectivity index (χ1n) is 6.47. The molecule has 0 saturated carbocycles. The van der Waals surface area contributed by atoms with Crippen LogP contribution in [0.5, 0.6) is 0 Å². The fraction of sp³-hybridized carbons (Fsp3) is 0.615. The monoisotopic (exact) mass is 266 g/mol. The Labute approximate surface area is 113 Å². The first-order valence-corrected chi connectivity index (χ1v) is 6.47. The highest BCUT2D eigenvalue weighted by Crippen LogP contribution is 2.13. The maximum absolute atomic E-state index is 12.0. The molecule has 6 nitrogen and oxygen atoms in total. The Balaban J connectivity index is 2.73. The first kappa shape index (κ1) is 15.4. The average Bonchev–Trinajstić information content (AvgIpc) is 2.36. The van der Waals surface area contributed by atoms with E-state index in [1.807, 2.05) is 27.7 Å². The molecule has 19 heavy (non-hydrogen) atoms. The van der Waals surface area contributed by atoms with E-state index in [4.69, 9.17) is 10.5 Å². The summed E-state index contributed by atoms with van der Waals surface area (Å²) in [7, 11) is 0. The highest BCUT2D eigenvalue weighted by molar-refractivity contribution is 5.96. The van der Waals surface area contributed by atoms with Crippen LogP contribution in [0.1, 0.15) is 49.9 Å². The molecule has 0 aliphatic rings. The zero-order valence-corrected chi connectivity index (χ0v) is 11.9. The molecular weight excluding hydrogens is 244 g/mol. The average molecular weight is 266 g/mol. The van der Waals surface area contributed by atoms with Gasteiger partial charge in [-0.2, -0.15) is 0 Å². The molecule has 0 aliphatic heterocycles. The Morgan fingerprint density at radius 3 is 2.74 bits per heavy atom. The van der Waals surface area contributed by atoms with E-state index in [1.54, 1.807) is 0 Å². The van der Waals surface area contributed by atoms with Crippen LogP contribution < -0.4 is 11.1 Å². The predicted octanol–water partition coefficient (Wildman–Crippen LogP) is 1.34. The number of carbonyl (C=O) groups is 1. The van der Waals surface area contributed by atoms with Gasteiger partial charge in [0, 0.05) is 19.1 Å². The number of nitrogens with two attached hydrogens (primary N) is 1. The molecule has 106 valence electrons. The van der Waals surface area contributed by atoms with Crippen molar-refractivity contribution in [2.24, 2.45) is 0 Å². The van der Waals surface area contributed by atoms with Crippen LogP contribution in [0.4, 0.5) is 5.69 Å². The highest BCUT2D eigenvalue weighted by atomic mass is 16.5. The molecule has 0 saturated heterocycles. The van der Waals surface area contributed by atoms with Crippen molar-refractivity contribution in [2.45, 2.75) is 39.7 Å². The molecule has 1 atom stereocenters. The van der Waals surface area contributed by atoms with Gasteiger partial charge in [-0.15, -0.1) is 0 Å². The molecule has 1 heterocycles. The lowest BCUT2D eigenvalue weighted by molar-refractivity contribution is 0.0693. The fourth-order valence-electron chi connectivity index (χ4n) is 1.53. The minimum absolute atomic E-state index is 0.0402. The quantitative estimate of drug-likeness (QED) is 0.810. The minimum Gasteiger partial charge on any atom is -0.396 e. The molecule has 0 radical (unpaired) electrons. The van der Waals surface area contributed by atoms with Gasteiger partial charge in [0.1, 0.15) is 5.82 Å². The van der Waals surface area contributed by atoms with Gasteiger partial charge < -0.3 is 15.8 Å². The van der Waals surface area contributed by atoms with Crippen LogP contribution in [0, 0.1) is 0 Å². The van der Waals surface area contributed by atoms with Gasteiger partial charge in [0.15, 0.2) is 5.69 Å². The van der Waals surface area contributed by atoms with Crippen molar-refractivity contribution < 1.29 is 9.53 Å². The van der Waals surface area contributed by atoms with Crippen LogP contribution in [0.3, 0.4) is 0 Å². The normalized spacial score (nSPS) is 12.5. The standard InChI is InChI=1S/C13H22N4O2/c1-5-19-9(4)6-16-13(18)11-10(14)7-15-12(17-11)8(2)3/h7-9H,5-6,14H2,1-4H3,(H,16,18). The van der Waals surface area contributed by atoms with Gasteiger partial charge in [0.05, 0.1) is 18.0 Å². The number of ether oxygens (including phenoxy) is 1. The van der Waals surface area contributed by atoms with Crippen LogP contribution in [-0.4, -0.2) is 35.1 Å². The van der Waals surface area contributed by atoms with E-state index in [0.717, 1.165) is 0 Å².